The van der Waals surface area contributed by atoms with Crippen molar-refractivity contribution in [3.05, 3.63) is 11.9 Å². The van der Waals surface area contributed by atoms with Crippen LogP contribution >= 0.6 is 0 Å². The van der Waals surface area contributed by atoms with E-state index in [0.717, 1.165) is 49.4 Å². The molecule has 6 heteroatoms. The van der Waals surface area contributed by atoms with Crippen molar-refractivity contribution in [2.45, 2.75) is 51.5 Å². The normalized spacial score (nSPS) is 26.3. The predicted octanol–water partition coefficient (Wildman–Crippen LogP) is 1.68. The van der Waals surface area contributed by atoms with Crippen LogP contribution in [0.3, 0.4) is 0 Å². The third kappa shape index (κ3) is 3.02. The minimum atomic E-state index is -0.267. The molecule has 5 N–H and O–H groups in total. The molecular formula is C14H25N5O. The first-order valence-electron chi connectivity index (χ1n) is 7.33. The fourth-order valence-electron chi connectivity index (χ4n) is 2.87. The highest BCUT2D eigenvalue weighted by Crippen LogP contribution is 2.35. The largest absolute Gasteiger partial charge is 0.394 e. The Balaban J connectivity index is 2.23. The van der Waals surface area contributed by atoms with Gasteiger partial charge in [-0.15, -0.1) is 0 Å². The summed E-state index contributed by atoms with van der Waals surface area (Å²) < 4.78 is 0. The Morgan fingerprint density at radius 3 is 2.55 bits per heavy atom. The molecule has 0 saturated heterocycles. The van der Waals surface area contributed by atoms with Crippen molar-refractivity contribution in [3.63, 3.8) is 0 Å². The van der Waals surface area contributed by atoms with Crippen molar-refractivity contribution in [1.82, 2.24) is 9.97 Å². The Bertz CT molecular complexity index is 443. The van der Waals surface area contributed by atoms with Crippen LogP contribution < -0.4 is 16.6 Å². The van der Waals surface area contributed by atoms with Gasteiger partial charge in [0.05, 0.1) is 12.1 Å². The molecule has 6 nitrogen and oxygen atoms in total. The molecular weight excluding hydrogens is 254 g/mol. The van der Waals surface area contributed by atoms with Gasteiger partial charge < -0.3 is 15.8 Å². The maximum Gasteiger partial charge on any atom is 0.148 e. The minimum absolute atomic E-state index is 0.123. The van der Waals surface area contributed by atoms with Crippen LogP contribution in [0.2, 0.25) is 0 Å². The van der Waals surface area contributed by atoms with E-state index in [9.17, 15) is 5.11 Å². The molecule has 112 valence electrons. The second kappa shape index (κ2) is 6.37. The van der Waals surface area contributed by atoms with Gasteiger partial charge in [-0.05, 0) is 38.0 Å². The zero-order valence-electron chi connectivity index (χ0n) is 12.3. The Kier molecular flexibility index (Phi) is 4.77. The van der Waals surface area contributed by atoms with E-state index in [0.29, 0.717) is 5.82 Å². The third-order valence-electron chi connectivity index (χ3n) is 4.35. The molecule has 1 aromatic rings. The summed E-state index contributed by atoms with van der Waals surface area (Å²) in [7, 11) is 0. The summed E-state index contributed by atoms with van der Waals surface area (Å²) in [5.74, 6) is 7.64. The van der Waals surface area contributed by atoms with Crippen LogP contribution in [0.25, 0.3) is 0 Å². The number of hydrogen-bond acceptors (Lipinski definition) is 6. The minimum Gasteiger partial charge on any atom is -0.394 e. The van der Waals surface area contributed by atoms with Crippen LogP contribution in [-0.2, 0) is 6.42 Å². The number of nitrogens with one attached hydrogen (secondary N) is 2. The second-order valence-corrected chi connectivity index (χ2v) is 5.79. The molecule has 1 saturated carbocycles. The molecule has 0 atom stereocenters. The molecule has 2 rings (SSSR count). The summed E-state index contributed by atoms with van der Waals surface area (Å²) >= 11 is 0. The van der Waals surface area contributed by atoms with Crippen LogP contribution in [-0.4, -0.2) is 27.2 Å². The molecule has 1 aliphatic carbocycles. The molecule has 1 aliphatic rings. The highest BCUT2D eigenvalue weighted by Gasteiger charge is 2.34. The molecule has 0 radical (unpaired) electrons. The smallest absolute Gasteiger partial charge is 0.148 e. The lowest BCUT2D eigenvalue weighted by Crippen LogP contribution is -2.45. The summed E-state index contributed by atoms with van der Waals surface area (Å²) in [6, 6.07) is 0. The van der Waals surface area contributed by atoms with Crippen molar-refractivity contribution in [1.29, 1.82) is 0 Å². The van der Waals surface area contributed by atoms with Gasteiger partial charge in [-0.1, -0.05) is 13.8 Å². The van der Waals surface area contributed by atoms with Gasteiger partial charge in [0.1, 0.15) is 18.0 Å². The summed E-state index contributed by atoms with van der Waals surface area (Å²) in [6.07, 6.45) is 6.45. The number of aliphatic hydroxyl groups excluding tert-OH is 1. The van der Waals surface area contributed by atoms with E-state index < -0.39 is 0 Å². The zero-order valence-corrected chi connectivity index (χ0v) is 12.3. The van der Waals surface area contributed by atoms with Gasteiger partial charge in [0, 0.05) is 5.56 Å². The number of aliphatic hydroxyl groups is 1. The summed E-state index contributed by atoms with van der Waals surface area (Å²) in [6.45, 7) is 4.43. The number of hydrogen-bond donors (Lipinski definition) is 4. The van der Waals surface area contributed by atoms with Gasteiger partial charge in [0.25, 0.3) is 0 Å². The fraction of sp³-hybridized carbons (Fsp3) is 0.714. The molecule has 0 spiro atoms. The van der Waals surface area contributed by atoms with Crippen LogP contribution in [0.15, 0.2) is 6.33 Å². The Morgan fingerprint density at radius 1 is 1.35 bits per heavy atom. The summed E-state index contributed by atoms with van der Waals surface area (Å²) in [5.41, 5.74) is 3.30. The maximum atomic E-state index is 9.83. The van der Waals surface area contributed by atoms with E-state index in [1.807, 2.05) is 6.92 Å². The predicted molar refractivity (Wildman–Crippen MR) is 80.3 cm³/mol. The SMILES string of the molecule is CCc1c(NN)ncnc1NC1(CO)CCC(C)CC1. The van der Waals surface area contributed by atoms with Gasteiger partial charge in [-0.3, -0.25) is 0 Å². The van der Waals surface area contributed by atoms with Gasteiger partial charge in [-0.2, -0.15) is 0 Å². The number of anilines is 2. The lowest BCUT2D eigenvalue weighted by atomic mass is 9.77. The van der Waals surface area contributed by atoms with Crippen molar-refractivity contribution < 1.29 is 5.11 Å². The third-order valence-corrected chi connectivity index (χ3v) is 4.35. The average molecular weight is 279 g/mol. The van der Waals surface area contributed by atoms with Crippen LogP contribution in [0.1, 0.15) is 45.1 Å². The van der Waals surface area contributed by atoms with Crippen molar-refractivity contribution in [2.75, 3.05) is 17.3 Å². The molecule has 1 heterocycles. The maximum absolute atomic E-state index is 9.83. The summed E-state index contributed by atoms with van der Waals surface area (Å²) in [4.78, 5) is 8.47. The Hall–Kier alpha value is -1.40. The van der Waals surface area contributed by atoms with Crippen LogP contribution in [0.4, 0.5) is 11.6 Å². The van der Waals surface area contributed by atoms with E-state index in [1.165, 1.54) is 6.33 Å². The number of nitrogens with zero attached hydrogens (tertiary/aromatic N) is 2. The first kappa shape index (κ1) is 15.0. The molecule has 0 aliphatic heterocycles. The van der Waals surface area contributed by atoms with E-state index in [1.54, 1.807) is 0 Å². The monoisotopic (exact) mass is 279 g/mol. The molecule has 0 bridgehead atoms. The van der Waals surface area contributed by atoms with Gasteiger partial charge in [0.2, 0.25) is 0 Å². The first-order valence-corrected chi connectivity index (χ1v) is 7.33. The number of aromatic nitrogens is 2. The van der Waals surface area contributed by atoms with E-state index in [-0.39, 0.29) is 12.1 Å². The molecule has 0 aromatic carbocycles. The number of nitrogen functional groups attached to an aromatic ring is 1. The summed E-state index contributed by atoms with van der Waals surface area (Å²) in [5, 5.41) is 13.3. The fourth-order valence-corrected chi connectivity index (χ4v) is 2.87. The number of rotatable bonds is 5. The standard InChI is InChI=1S/C14H25N5O/c1-3-11-12(16-9-17-13(11)19-15)18-14(8-20)6-4-10(2)5-7-14/h9-10,20H,3-8,15H2,1-2H3,(H2,16,17,18,19). The van der Waals surface area contributed by atoms with Crippen molar-refractivity contribution >= 4 is 11.6 Å². The Labute approximate surface area is 120 Å². The zero-order chi connectivity index (χ0) is 14.6. The Morgan fingerprint density at radius 2 is 2.00 bits per heavy atom. The number of hydrazine groups is 1. The lowest BCUT2D eigenvalue weighted by Gasteiger charge is -2.39. The van der Waals surface area contributed by atoms with Gasteiger partial charge in [0.15, 0.2) is 0 Å². The second-order valence-electron chi connectivity index (χ2n) is 5.79. The molecule has 1 aromatic heterocycles. The lowest BCUT2D eigenvalue weighted by molar-refractivity contribution is 0.155. The first-order chi connectivity index (χ1) is 9.64. The molecule has 0 unspecified atom stereocenters. The van der Waals surface area contributed by atoms with Gasteiger partial charge in [-0.25, -0.2) is 15.8 Å². The van der Waals surface area contributed by atoms with Gasteiger partial charge >= 0.3 is 0 Å². The molecule has 20 heavy (non-hydrogen) atoms. The number of nitrogens with two attached hydrogens (primary N) is 1. The highest BCUT2D eigenvalue weighted by molar-refractivity contribution is 5.58. The van der Waals surface area contributed by atoms with Crippen LogP contribution in [0, 0.1) is 5.92 Å². The van der Waals surface area contributed by atoms with Crippen molar-refractivity contribution in [3.8, 4) is 0 Å². The quantitative estimate of drug-likeness (QED) is 0.484. The average Bonchev–Trinajstić information content (AvgIpc) is 2.49. The molecule has 1 fully saturated rings. The van der Waals surface area contributed by atoms with E-state index in [4.69, 9.17) is 5.84 Å². The van der Waals surface area contributed by atoms with E-state index in [2.05, 4.69) is 27.6 Å². The highest BCUT2D eigenvalue weighted by atomic mass is 16.3. The van der Waals surface area contributed by atoms with Crippen molar-refractivity contribution in [2.24, 2.45) is 11.8 Å². The topological polar surface area (TPSA) is 96.1 Å². The molecule has 0 amide bonds. The van der Waals surface area contributed by atoms with E-state index >= 15 is 0 Å². The van der Waals surface area contributed by atoms with Crippen LogP contribution in [0.5, 0.6) is 0 Å².